The molecule has 0 atom stereocenters. The number of para-hydroxylation sites is 1. The molecule has 2 nitrogen and oxygen atoms in total. The van der Waals surface area contributed by atoms with Crippen molar-refractivity contribution >= 4 is 10.9 Å². The van der Waals surface area contributed by atoms with Gasteiger partial charge in [-0.1, -0.05) is 18.2 Å². The summed E-state index contributed by atoms with van der Waals surface area (Å²) in [5, 5.41) is 1.27. The first kappa shape index (κ1) is 12.1. The molecule has 0 fully saturated rings. The maximum Gasteiger partial charge on any atom is 0.169 e. The fourth-order valence-electron chi connectivity index (χ4n) is 1.99. The van der Waals surface area contributed by atoms with Crippen LogP contribution in [-0.4, -0.2) is 4.98 Å². The number of aromatic amines is 1. The van der Waals surface area contributed by atoms with E-state index >= 15 is 0 Å². The van der Waals surface area contributed by atoms with Crippen molar-refractivity contribution in [3.63, 3.8) is 0 Å². The quantitative estimate of drug-likeness (QED) is 0.464. The summed E-state index contributed by atoms with van der Waals surface area (Å²) in [4.78, 5) is 3.29. The van der Waals surface area contributed by atoms with Crippen LogP contribution in [0.25, 0.3) is 22.0 Å². The lowest BCUT2D eigenvalue weighted by atomic mass is 10.1. The number of aromatic nitrogens is 2. The average Bonchev–Trinajstić information content (AvgIpc) is 2.74. The minimum atomic E-state index is 0. The monoisotopic (exact) mass is 336 g/mol. The number of aryl methyl sites for hydroxylation is 1. The number of nitrogens with zero attached hydrogens (tertiary/aromatic N) is 1. The number of hydrogen-bond donors (Lipinski definition) is 1. The summed E-state index contributed by atoms with van der Waals surface area (Å²) in [5.74, 6) is 0. The van der Waals surface area contributed by atoms with Crippen molar-refractivity contribution in [1.29, 1.82) is 0 Å². The van der Waals surface area contributed by atoms with Crippen molar-refractivity contribution < 1.29 is 28.5 Å². The molecule has 0 aliphatic heterocycles. The molecule has 3 heteroatoms. The molecule has 0 bridgehead atoms. The van der Waals surface area contributed by atoms with E-state index in [1.807, 2.05) is 17.7 Å². The normalized spacial score (nSPS) is 10.2. The van der Waals surface area contributed by atoms with Crippen molar-refractivity contribution in [3.8, 4) is 11.1 Å². The standard InChI is InChI=1S/C14H12N2.HI/c1-16-8-6-11(7-9-16)13-10-15-14-5-3-2-4-12(13)14;/h2-10H,1H3;1H. The van der Waals surface area contributed by atoms with Crippen molar-refractivity contribution in [2.45, 2.75) is 0 Å². The van der Waals surface area contributed by atoms with Crippen LogP contribution in [0.3, 0.4) is 0 Å². The third-order valence-electron chi connectivity index (χ3n) is 2.88. The van der Waals surface area contributed by atoms with Gasteiger partial charge in [0.2, 0.25) is 0 Å². The van der Waals surface area contributed by atoms with Gasteiger partial charge in [0, 0.05) is 34.8 Å². The Morgan fingerprint density at radius 3 is 2.47 bits per heavy atom. The van der Waals surface area contributed by atoms with Gasteiger partial charge in [-0.3, -0.25) is 0 Å². The molecule has 0 amide bonds. The van der Waals surface area contributed by atoms with Gasteiger partial charge in [-0.2, -0.15) is 0 Å². The Morgan fingerprint density at radius 2 is 1.71 bits per heavy atom. The topological polar surface area (TPSA) is 19.7 Å². The molecule has 0 aliphatic rings. The lowest BCUT2D eigenvalue weighted by molar-refractivity contribution is -0.671. The van der Waals surface area contributed by atoms with E-state index in [0.717, 1.165) is 0 Å². The molecule has 2 heterocycles. The van der Waals surface area contributed by atoms with Gasteiger partial charge in [-0.15, -0.1) is 0 Å². The molecule has 86 valence electrons. The number of halogens is 1. The van der Waals surface area contributed by atoms with Gasteiger partial charge in [-0.05, 0) is 11.6 Å². The Bertz CT molecular complexity index is 626. The molecule has 17 heavy (non-hydrogen) atoms. The van der Waals surface area contributed by atoms with Crippen LogP contribution in [0, 0.1) is 0 Å². The van der Waals surface area contributed by atoms with Gasteiger partial charge in [0.05, 0.1) is 0 Å². The lowest BCUT2D eigenvalue weighted by Gasteiger charge is -1.97. The molecule has 2 aromatic heterocycles. The van der Waals surface area contributed by atoms with Crippen molar-refractivity contribution in [2.75, 3.05) is 0 Å². The summed E-state index contributed by atoms with van der Waals surface area (Å²) in [6, 6.07) is 12.6. The van der Waals surface area contributed by atoms with Crippen molar-refractivity contribution in [3.05, 3.63) is 55.0 Å². The Morgan fingerprint density at radius 1 is 1.00 bits per heavy atom. The smallest absolute Gasteiger partial charge is 0.169 e. The molecule has 0 unspecified atom stereocenters. The number of pyridine rings is 1. The van der Waals surface area contributed by atoms with E-state index < -0.39 is 0 Å². The molecule has 0 aliphatic carbocycles. The molecule has 0 saturated carbocycles. The lowest BCUT2D eigenvalue weighted by Crippen LogP contribution is -3.00. The van der Waals surface area contributed by atoms with E-state index in [0.29, 0.717) is 0 Å². The van der Waals surface area contributed by atoms with Crippen LogP contribution in [0.1, 0.15) is 0 Å². The predicted octanol–water partition coefficient (Wildman–Crippen LogP) is -0.337. The highest BCUT2D eigenvalue weighted by Gasteiger charge is 2.05. The third-order valence-corrected chi connectivity index (χ3v) is 2.88. The second kappa shape index (κ2) is 4.87. The number of H-pyrrole nitrogens is 1. The Hall–Kier alpha value is -1.36. The number of fused-ring (bicyclic) bond motifs is 1. The Labute approximate surface area is 117 Å². The van der Waals surface area contributed by atoms with Crippen molar-refractivity contribution in [2.24, 2.45) is 7.05 Å². The van der Waals surface area contributed by atoms with Crippen LogP contribution in [0.4, 0.5) is 0 Å². The first-order chi connectivity index (χ1) is 7.84. The highest BCUT2D eigenvalue weighted by Crippen LogP contribution is 2.27. The minimum absolute atomic E-state index is 0. The van der Waals surface area contributed by atoms with Crippen LogP contribution < -0.4 is 28.5 Å². The van der Waals surface area contributed by atoms with Gasteiger partial charge in [0.25, 0.3) is 0 Å². The summed E-state index contributed by atoms with van der Waals surface area (Å²) < 4.78 is 2.04. The Kier molecular flexibility index (Phi) is 3.47. The van der Waals surface area contributed by atoms with E-state index in [9.17, 15) is 0 Å². The third kappa shape index (κ3) is 2.20. The molecule has 0 saturated heterocycles. The zero-order valence-corrected chi connectivity index (χ0v) is 11.7. The fraction of sp³-hybridized carbons (Fsp3) is 0.0714. The molecule has 0 radical (unpaired) electrons. The first-order valence-corrected chi connectivity index (χ1v) is 5.36. The van der Waals surface area contributed by atoms with Gasteiger partial charge in [-0.25, -0.2) is 4.57 Å². The van der Waals surface area contributed by atoms with Gasteiger partial charge in [0.1, 0.15) is 7.05 Å². The molecule has 3 rings (SSSR count). The van der Waals surface area contributed by atoms with E-state index in [-0.39, 0.29) is 24.0 Å². The van der Waals surface area contributed by atoms with Crippen LogP contribution in [0.5, 0.6) is 0 Å². The minimum Gasteiger partial charge on any atom is -1.00 e. The second-order valence-corrected chi connectivity index (χ2v) is 4.00. The summed E-state index contributed by atoms with van der Waals surface area (Å²) >= 11 is 0. The van der Waals surface area contributed by atoms with E-state index in [4.69, 9.17) is 0 Å². The van der Waals surface area contributed by atoms with Crippen LogP contribution in [0.2, 0.25) is 0 Å². The highest BCUT2D eigenvalue weighted by atomic mass is 127. The highest BCUT2D eigenvalue weighted by molar-refractivity contribution is 5.95. The average molecular weight is 336 g/mol. The zero-order valence-electron chi connectivity index (χ0n) is 9.52. The van der Waals surface area contributed by atoms with Crippen molar-refractivity contribution in [1.82, 2.24) is 4.98 Å². The number of rotatable bonds is 1. The van der Waals surface area contributed by atoms with Crippen LogP contribution in [-0.2, 0) is 7.05 Å². The molecule has 1 aromatic carbocycles. The van der Waals surface area contributed by atoms with Gasteiger partial charge in [0.15, 0.2) is 12.4 Å². The number of hydrogen-bond acceptors (Lipinski definition) is 0. The molecule has 1 N–H and O–H groups in total. The second-order valence-electron chi connectivity index (χ2n) is 4.00. The zero-order chi connectivity index (χ0) is 11.0. The van der Waals surface area contributed by atoms with E-state index in [2.05, 4.69) is 53.9 Å². The molecule has 0 spiro atoms. The van der Waals surface area contributed by atoms with Crippen LogP contribution in [0.15, 0.2) is 55.0 Å². The Balaban J connectivity index is 0.00000108. The number of nitrogens with one attached hydrogen (secondary N) is 1. The van der Waals surface area contributed by atoms with E-state index in [1.54, 1.807) is 0 Å². The summed E-state index contributed by atoms with van der Waals surface area (Å²) in [5.41, 5.74) is 3.69. The SMILES string of the molecule is C[n+]1ccc(-c2c[nH]c3ccccc23)cc1.[I-]. The van der Waals surface area contributed by atoms with E-state index in [1.165, 1.54) is 22.0 Å². The maximum absolute atomic E-state index is 3.29. The maximum atomic E-state index is 3.29. The first-order valence-electron chi connectivity index (χ1n) is 5.36. The fourth-order valence-corrected chi connectivity index (χ4v) is 1.99. The largest absolute Gasteiger partial charge is 1.00 e. The summed E-state index contributed by atoms with van der Waals surface area (Å²) in [7, 11) is 2.03. The molecule has 3 aromatic rings. The summed E-state index contributed by atoms with van der Waals surface area (Å²) in [6.07, 6.45) is 6.20. The van der Waals surface area contributed by atoms with Gasteiger partial charge >= 0.3 is 0 Å². The predicted molar refractivity (Wildman–Crippen MR) is 64.9 cm³/mol. The van der Waals surface area contributed by atoms with Crippen LogP contribution >= 0.6 is 0 Å². The summed E-state index contributed by atoms with van der Waals surface area (Å²) in [6.45, 7) is 0. The molecular formula is C14H13IN2. The molecular weight excluding hydrogens is 323 g/mol. The number of benzene rings is 1. The van der Waals surface area contributed by atoms with Gasteiger partial charge < -0.3 is 29.0 Å².